The van der Waals surface area contributed by atoms with Crippen LogP contribution in [0.3, 0.4) is 0 Å². The number of carbonyl (C=O) groups excluding carboxylic acids is 1. The third kappa shape index (κ3) is 3.97. The summed E-state index contributed by atoms with van der Waals surface area (Å²) in [7, 11) is 0. The maximum atomic E-state index is 11.6. The second-order valence-corrected chi connectivity index (χ2v) is 8.87. The molecule has 0 aliphatic rings. The molecule has 0 fully saturated rings. The lowest BCUT2D eigenvalue weighted by atomic mass is 10.1. The van der Waals surface area contributed by atoms with Crippen LogP contribution < -0.4 is 15.8 Å². The Morgan fingerprint density at radius 2 is 2.00 bits per heavy atom. The first-order chi connectivity index (χ1) is 13.9. The van der Waals surface area contributed by atoms with Crippen molar-refractivity contribution in [2.75, 3.05) is 5.32 Å². The van der Waals surface area contributed by atoms with E-state index in [1.54, 1.807) is 29.5 Å². The van der Waals surface area contributed by atoms with Gasteiger partial charge in [0.25, 0.3) is 0 Å². The lowest BCUT2D eigenvalue weighted by Crippen LogP contribution is -2.12. The number of nitrogens with one attached hydrogen (secondary N) is 1. The average Bonchev–Trinajstić information content (AvgIpc) is 3.27. The summed E-state index contributed by atoms with van der Waals surface area (Å²) in [6.45, 7) is 6.04. The van der Waals surface area contributed by atoms with Gasteiger partial charge in [0.2, 0.25) is 5.91 Å². The highest BCUT2D eigenvalue weighted by molar-refractivity contribution is 7.23. The molecule has 0 aliphatic carbocycles. The zero-order valence-electron chi connectivity index (χ0n) is 16.4. The van der Waals surface area contributed by atoms with E-state index in [0.717, 1.165) is 10.8 Å². The first-order valence-corrected chi connectivity index (χ1v) is 10.9. The van der Waals surface area contributed by atoms with Gasteiger partial charge in [-0.25, -0.2) is 4.98 Å². The van der Waals surface area contributed by atoms with Gasteiger partial charge >= 0.3 is 0 Å². The third-order valence-electron chi connectivity index (χ3n) is 4.45. The maximum Gasteiger partial charge on any atom is 0.248 e. The van der Waals surface area contributed by atoms with Gasteiger partial charge in [-0.3, -0.25) is 4.79 Å². The number of carbonyl (C=O) groups is 1. The molecule has 0 saturated heterocycles. The summed E-state index contributed by atoms with van der Waals surface area (Å²) in [6, 6.07) is 13.5. The van der Waals surface area contributed by atoms with E-state index in [2.05, 4.69) is 36.5 Å². The monoisotopic (exact) mass is 423 g/mol. The van der Waals surface area contributed by atoms with E-state index in [9.17, 15) is 4.79 Å². The van der Waals surface area contributed by atoms with Crippen molar-refractivity contribution in [3.63, 3.8) is 0 Å². The van der Waals surface area contributed by atoms with Crippen LogP contribution >= 0.6 is 22.7 Å². The molecule has 5 nitrogen and oxygen atoms in total. The summed E-state index contributed by atoms with van der Waals surface area (Å²) in [5.74, 6) is 0.171. The van der Waals surface area contributed by atoms with Crippen molar-refractivity contribution < 1.29 is 9.53 Å². The second kappa shape index (κ2) is 7.85. The Labute approximate surface area is 177 Å². The summed E-state index contributed by atoms with van der Waals surface area (Å²) in [4.78, 5) is 17.5. The molecule has 0 aliphatic heterocycles. The van der Waals surface area contributed by atoms with Crippen LogP contribution in [0.25, 0.3) is 20.7 Å². The van der Waals surface area contributed by atoms with E-state index in [1.807, 2.05) is 19.2 Å². The summed E-state index contributed by atoms with van der Waals surface area (Å²) in [5.41, 5.74) is 8.71. The minimum absolute atomic E-state index is 0.00281. The van der Waals surface area contributed by atoms with Gasteiger partial charge in [0.15, 0.2) is 5.13 Å². The van der Waals surface area contributed by atoms with E-state index in [4.69, 9.17) is 15.5 Å². The normalized spacial score (nSPS) is 11.2. The lowest BCUT2D eigenvalue weighted by Gasteiger charge is -2.15. The number of ether oxygens (including phenoxy) is 1. The largest absolute Gasteiger partial charge is 0.489 e. The Morgan fingerprint density at radius 1 is 1.21 bits per heavy atom. The Kier molecular flexibility index (Phi) is 5.25. The number of aryl methyl sites for hydroxylation is 1. The number of benzene rings is 2. The summed E-state index contributed by atoms with van der Waals surface area (Å²) in [5, 5.41) is 7.33. The molecule has 7 heteroatoms. The number of thiophene rings is 1. The van der Waals surface area contributed by atoms with Crippen LogP contribution in [0.15, 0.2) is 47.8 Å². The van der Waals surface area contributed by atoms with E-state index in [-0.39, 0.29) is 6.10 Å². The lowest BCUT2D eigenvalue weighted by molar-refractivity contribution is 0.100. The van der Waals surface area contributed by atoms with Crippen molar-refractivity contribution >= 4 is 49.5 Å². The van der Waals surface area contributed by atoms with Gasteiger partial charge in [-0.1, -0.05) is 18.2 Å². The van der Waals surface area contributed by atoms with Crippen LogP contribution in [0.4, 0.5) is 10.8 Å². The van der Waals surface area contributed by atoms with E-state index in [1.165, 1.54) is 31.9 Å². The number of aromatic nitrogens is 1. The molecular weight excluding hydrogens is 402 g/mol. The Balaban J connectivity index is 1.67. The molecule has 4 rings (SSSR count). The smallest absolute Gasteiger partial charge is 0.248 e. The fourth-order valence-electron chi connectivity index (χ4n) is 3.11. The molecule has 0 atom stereocenters. The van der Waals surface area contributed by atoms with Crippen molar-refractivity contribution in [3.05, 3.63) is 59.0 Å². The van der Waals surface area contributed by atoms with Gasteiger partial charge in [0.1, 0.15) is 5.75 Å². The molecule has 2 aromatic carbocycles. The molecule has 0 saturated carbocycles. The van der Waals surface area contributed by atoms with Gasteiger partial charge in [-0.15, -0.1) is 22.7 Å². The summed E-state index contributed by atoms with van der Waals surface area (Å²) >= 11 is 3.26. The third-order valence-corrected chi connectivity index (χ3v) is 6.50. The number of nitrogens with zero attached hydrogens (tertiary/aromatic N) is 1. The molecule has 1 amide bonds. The SMILES string of the molecule is Cc1c(-c2csc(Nc3cc(C(N)=O)ccc3OC(C)C)n2)sc2ccccc12. The van der Waals surface area contributed by atoms with E-state index < -0.39 is 5.91 Å². The summed E-state index contributed by atoms with van der Waals surface area (Å²) < 4.78 is 7.12. The van der Waals surface area contributed by atoms with Crippen LogP contribution in [0.5, 0.6) is 5.75 Å². The maximum absolute atomic E-state index is 11.6. The number of hydrogen-bond acceptors (Lipinski definition) is 6. The topological polar surface area (TPSA) is 77.2 Å². The molecule has 3 N–H and O–H groups in total. The first-order valence-electron chi connectivity index (χ1n) is 9.24. The molecular formula is C22H21N3O2S2. The Hall–Kier alpha value is -2.90. The van der Waals surface area contributed by atoms with Crippen LogP contribution in [0.1, 0.15) is 29.8 Å². The number of nitrogens with two attached hydrogens (primary N) is 1. The Morgan fingerprint density at radius 3 is 2.72 bits per heavy atom. The van der Waals surface area contributed by atoms with Gasteiger partial charge in [-0.2, -0.15) is 0 Å². The zero-order valence-corrected chi connectivity index (χ0v) is 18.0. The van der Waals surface area contributed by atoms with Crippen molar-refractivity contribution in [2.45, 2.75) is 26.9 Å². The minimum atomic E-state index is -0.482. The average molecular weight is 424 g/mol. The first kappa shape index (κ1) is 19.4. The standard InChI is InChI=1S/C22H21N3O2S2/c1-12(2)27-18-9-8-14(21(23)26)10-16(18)24-22-25-17(11-28-22)20-13(3)15-6-4-5-7-19(15)29-20/h4-12H,1-3H3,(H2,23,26)(H,24,25). The van der Waals surface area contributed by atoms with Crippen molar-refractivity contribution in [1.29, 1.82) is 0 Å². The van der Waals surface area contributed by atoms with E-state index >= 15 is 0 Å². The van der Waals surface area contributed by atoms with Crippen LogP contribution in [-0.4, -0.2) is 17.0 Å². The van der Waals surface area contributed by atoms with Crippen molar-refractivity contribution in [2.24, 2.45) is 5.73 Å². The molecule has 0 spiro atoms. The minimum Gasteiger partial charge on any atom is -0.489 e. The molecule has 0 bridgehead atoms. The number of thiazole rings is 1. The van der Waals surface area contributed by atoms with Gasteiger partial charge in [0, 0.05) is 15.6 Å². The zero-order chi connectivity index (χ0) is 20.5. The van der Waals surface area contributed by atoms with Crippen LogP contribution in [-0.2, 0) is 0 Å². The van der Waals surface area contributed by atoms with Gasteiger partial charge in [0.05, 0.1) is 22.4 Å². The number of anilines is 2. The molecule has 2 aromatic heterocycles. The van der Waals surface area contributed by atoms with Crippen molar-refractivity contribution in [1.82, 2.24) is 4.98 Å². The van der Waals surface area contributed by atoms with Gasteiger partial charge < -0.3 is 15.8 Å². The van der Waals surface area contributed by atoms with Gasteiger partial charge in [-0.05, 0) is 56.0 Å². The predicted molar refractivity (Wildman–Crippen MR) is 122 cm³/mol. The highest BCUT2D eigenvalue weighted by atomic mass is 32.1. The Bertz CT molecular complexity index is 1190. The number of hydrogen-bond donors (Lipinski definition) is 2. The highest BCUT2D eigenvalue weighted by Gasteiger charge is 2.15. The van der Waals surface area contributed by atoms with E-state index in [0.29, 0.717) is 17.0 Å². The molecule has 0 unspecified atom stereocenters. The van der Waals surface area contributed by atoms with Crippen LogP contribution in [0.2, 0.25) is 0 Å². The number of amides is 1. The molecule has 148 valence electrons. The quantitative estimate of drug-likeness (QED) is 0.401. The molecule has 0 radical (unpaired) electrons. The predicted octanol–water partition coefficient (Wildman–Crippen LogP) is 5.96. The number of primary amides is 1. The fourth-order valence-corrected chi connectivity index (χ4v) is 5.07. The molecule has 29 heavy (non-hydrogen) atoms. The van der Waals surface area contributed by atoms with Crippen molar-refractivity contribution in [3.8, 4) is 16.3 Å². The molecule has 2 heterocycles. The number of fused-ring (bicyclic) bond motifs is 1. The fraction of sp³-hybridized carbons (Fsp3) is 0.182. The number of rotatable bonds is 6. The summed E-state index contributed by atoms with van der Waals surface area (Å²) in [6.07, 6.45) is 0.00281. The second-order valence-electron chi connectivity index (χ2n) is 6.96. The van der Waals surface area contributed by atoms with Crippen LogP contribution in [0, 0.1) is 6.92 Å². The highest BCUT2D eigenvalue weighted by Crippen LogP contribution is 2.40. The molecule has 4 aromatic rings.